The van der Waals surface area contributed by atoms with E-state index in [1.165, 1.54) is 4.31 Å². The molecule has 0 unspecified atom stereocenters. The molecule has 0 saturated carbocycles. The van der Waals surface area contributed by atoms with Gasteiger partial charge in [0.2, 0.25) is 15.9 Å². The van der Waals surface area contributed by atoms with Crippen molar-refractivity contribution in [1.29, 1.82) is 0 Å². The van der Waals surface area contributed by atoms with Crippen LogP contribution in [0.3, 0.4) is 0 Å². The van der Waals surface area contributed by atoms with Crippen molar-refractivity contribution in [2.75, 3.05) is 32.4 Å². The van der Waals surface area contributed by atoms with Gasteiger partial charge in [-0.2, -0.15) is 0 Å². The Labute approximate surface area is 128 Å². The first-order valence-electron chi connectivity index (χ1n) is 6.63. The van der Waals surface area contributed by atoms with Gasteiger partial charge < -0.3 is 5.73 Å². The largest absolute Gasteiger partial charge is 0.369 e. The molecule has 1 aromatic rings. The van der Waals surface area contributed by atoms with Crippen LogP contribution in [-0.2, 0) is 21.4 Å². The van der Waals surface area contributed by atoms with E-state index in [9.17, 15) is 13.2 Å². The van der Waals surface area contributed by atoms with Crippen molar-refractivity contribution in [1.82, 2.24) is 14.2 Å². The van der Waals surface area contributed by atoms with Crippen LogP contribution in [0.4, 0.5) is 0 Å². The van der Waals surface area contributed by atoms with Gasteiger partial charge in [0.05, 0.1) is 22.9 Å². The molecular formula is C12H20N4O3S2. The topological polar surface area (TPSA) is 96.6 Å². The third-order valence-corrected chi connectivity index (χ3v) is 5.58. The number of nitrogens with two attached hydrogens (primary N) is 1. The Morgan fingerprint density at radius 2 is 2.19 bits per heavy atom. The lowest BCUT2D eigenvalue weighted by Crippen LogP contribution is -2.40. The molecule has 2 N–H and O–H groups in total. The Kier molecular flexibility index (Phi) is 4.97. The minimum atomic E-state index is -3.32. The number of thiazole rings is 1. The van der Waals surface area contributed by atoms with Gasteiger partial charge in [-0.05, 0) is 6.92 Å². The van der Waals surface area contributed by atoms with Gasteiger partial charge in [0, 0.05) is 38.1 Å². The van der Waals surface area contributed by atoms with E-state index in [4.69, 9.17) is 5.73 Å². The first-order chi connectivity index (χ1) is 9.75. The molecule has 1 aromatic heterocycles. The van der Waals surface area contributed by atoms with Gasteiger partial charge in [-0.25, -0.2) is 17.7 Å². The zero-order chi connectivity index (χ0) is 15.6. The molecule has 1 aliphatic heterocycles. The van der Waals surface area contributed by atoms with Gasteiger partial charge in [0.1, 0.15) is 0 Å². The Morgan fingerprint density at radius 1 is 1.48 bits per heavy atom. The van der Waals surface area contributed by atoms with E-state index < -0.39 is 21.8 Å². The van der Waals surface area contributed by atoms with Crippen LogP contribution >= 0.6 is 11.3 Å². The number of sulfonamides is 1. The molecule has 1 fully saturated rings. The Morgan fingerprint density at radius 3 is 2.71 bits per heavy atom. The molecule has 118 valence electrons. The maximum absolute atomic E-state index is 11.7. The fraction of sp³-hybridized carbons (Fsp3) is 0.667. The van der Waals surface area contributed by atoms with Gasteiger partial charge in [-0.3, -0.25) is 9.69 Å². The fourth-order valence-electron chi connectivity index (χ4n) is 2.39. The molecule has 0 radical (unpaired) electrons. The first kappa shape index (κ1) is 16.3. The SMILES string of the molecule is Cc1nc(CN2CCN(S(C)(=O)=O)C[C@@H](C(N)=O)C2)cs1. The molecule has 21 heavy (non-hydrogen) atoms. The first-order valence-corrected chi connectivity index (χ1v) is 9.36. The third-order valence-electron chi connectivity index (χ3n) is 3.49. The van der Waals surface area contributed by atoms with E-state index in [0.717, 1.165) is 17.0 Å². The van der Waals surface area contributed by atoms with Gasteiger partial charge in [0.25, 0.3) is 0 Å². The zero-order valence-electron chi connectivity index (χ0n) is 12.2. The van der Waals surface area contributed by atoms with Crippen LogP contribution in [0.1, 0.15) is 10.7 Å². The summed E-state index contributed by atoms with van der Waals surface area (Å²) in [6.07, 6.45) is 1.16. The highest BCUT2D eigenvalue weighted by Crippen LogP contribution is 2.16. The molecule has 0 aromatic carbocycles. The van der Waals surface area contributed by atoms with Crippen LogP contribution in [0.2, 0.25) is 0 Å². The van der Waals surface area contributed by atoms with E-state index in [1.54, 1.807) is 11.3 Å². The molecule has 0 spiro atoms. The van der Waals surface area contributed by atoms with E-state index >= 15 is 0 Å². The predicted octanol–water partition coefficient (Wildman–Crippen LogP) is -0.370. The number of aromatic nitrogens is 1. The average molecular weight is 332 g/mol. The lowest BCUT2D eigenvalue weighted by molar-refractivity contribution is -0.122. The Balaban J connectivity index is 2.12. The molecule has 1 saturated heterocycles. The van der Waals surface area contributed by atoms with Crippen molar-refractivity contribution < 1.29 is 13.2 Å². The van der Waals surface area contributed by atoms with Crippen LogP contribution in [-0.4, -0.2) is 60.9 Å². The highest BCUT2D eigenvalue weighted by Gasteiger charge is 2.30. The summed E-state index contributed by atoms with van der Waals surface area (Å²) in [7, 11) is -3.32. The standard InChI is InChI=1S/C12H20N4O3S2/c1-9-14-11(8-20-9)7-15-3-4-16(21(2,18)19)6-10(5-15)12(13)17/h8,10H,3-7H2,1-2H3,(H2,13,17)/t10-/m0/s1. The van der Waals surface area contributed by atoms with Gasteiger partial charge in [0.15, 0.2) is 0 Å². The van der Waals surface area contributed by atoms with E-state index in [0.29, 0.717) is 26.2 Å². The van der Waals surface area contributed by atoms with Crippen molar-refractivity contribution in [3.8, 4) is 0 Å². The number of carbonyl (C=O) groups excluding carboxylic acids is 1. The molecule has 2 rings (SSSR count). The maximum Gasteiger partial charge on any atom is 0.223 e. The van der Waals surface area contributed by atoms with Gasteiger partial charge >= 0.3 is 0 Å². The maximum atomic E-state index is 11.7. The minimum Gasteiger partial charge on any atom is -0.369 e. The van der Waals surface area contributed by atoms with Crippen molar-refractivity contribution in [3.05, 3.63) is 16.1 Å². The molecule has 7 nitrogen and oxygen atoms in total. The Bertz CT molecular complexity index is 614. The number of amides is 1. The summed E-state index contributed by atoms with van der Waals surface area (Å²) >= 11 is 1.57. The van der Waals surface area contributed by atoms with Gasteiger partial charge in [-0.15, -0.1) is 11.3 Å². The fourth-order valence-corrected chi connectivity index (χ4v) is 3.85. The van der Waals surface area contributed by atoms with Crippen LogP contribution in [0.25, 0.3) is 0 Å². The normalized spacial score (nSPS) is 22.1. The molecule has 1 aliphatic rings. The second-order valence-corrected chi connectivity index (χ2v) is 8.36. The van der Waals surface area contributed by atoms with Crippen LogP contribution in [0, 0.1) is 12.8 Å². The summed E-state index contributed by atoms with van der Waals surface area (Å²) in [5, 5.41) is 2.97. The van der Waals surface area contributed by atoms with Crippen LogP contribution < -0.4 is 5.73 Å². The molecular weight excluding hydrogens is 312 g/mol. The second-order valence-electron chi connectivity index (χ2n) is 5.31. The third kappa shape index (κ3) is 4.47. The number of hydrogen-bond acceptors (Lipinski definition) is 6. The highest BCUT2D eigenvalue weighted by molar-refractivity contribution is 7.88. The van der Waals surface area contributed by atoms with Crippen molar-refractivity contribution in [3.63, 3.8) is 0 Å². The minimum absolute atomic E-state index is 0.154. The number of nitrogens with zero attached hydrogens (tertiary/aromatic N) is 3. The number of primary amides is 1. The summed E-state index contributed by atoms with van der Waals surface area (Å²) in [5.74, 6) is -0.966. The van der Waals surface area contributed by atoms with Crippen LogP contribution in [0.15, 0.2) is 5.38 Å². The van der Waals surface area contributed by atoms with Crippen molar-refractivity contribution in [2.45, 2.75) is 13.5 Å². The lowest BCUT2D eigenvalue weighted by atomic mass is 10.1. The molecule has 0 bridgehead atoms. The Hall–Kier alpha value is -1.03. The monoisotopic (exact) mass is 332 g/mol. The smallest absolute Gasteiger partial charge is 0.223 e. The van der Waals surface area contributed by atoms with Crippen LogP contribution in [0.5, 0.6) is 0 Å². The van der Waals surface area contributed by atoms with E-state index in [1.807, 2.05) is 17.2 Å². The number of carbonyl (C=O) groups is 1. The number of aryl methyl sites for hydroxylation is 1. The molecule has 9 heteroatoms. The average Bonchev–Trinajstić information content (AvgIpc) is 2.63. The van der Waals surface area contributed by atoms with Crippen molar-refractivity contribution in [2.24, 2.45) is 11.7 Å². The van der Waals surface area contributed by atoms with Gasteiger partial charge in [-0.1, -0.05) is 0 Å². The summed E-state index contributed by atoms with van der Waals surface area (Å²) in [6, 6.07) is 0. The summed E-state index contributed by atoms with van der Waals surface area (Å²) in [6.45, 7) is 4.08. The predicted molar refractivity (Wildman–Crippen MR) is 81.2 cm³/mol. The quantitative estimate of drug-likeness (QED) is 0.811. The molecule has 1 atom stereocenters. The van der Waals surface area contributed by atoms with Crippen molar-refractivity contribution >= 4 is 27.3 Å². The van der Waals surface area contributed by atoms with E-state index in [-0.39, 0.29) is 6.54 Å². The highest BCUT2D eigenvalue weighted by atomic mass is 32.2. The second kappa shape index (κ2) is 6.39. The zero-order valence-corrected chi connectivity index (χ0v) is 13.8. The summed E-state index contributed by atoms with van der Waals surface area (Å²) in [5.41, 5.74) is 6.34. The number of hydrogen-bond donors (Lipinski definition) is 1. The molecule has 2 heterocycles. The summed E-state index contributed by atoms with van der Waals surface area (Å²) in [4.78, 5) is 18.0. The molecule has 1 amide bonds. The molecule has 0 aliphatic carbocycles. The summed E-state index contributed by atoms with van der Waals surface area (Å²) < 4.78 is 24.8. The lowest BCUT2D eigenvalue weighted by Gasteiger charge is -2.21. The van der Waals surface area contributed by atoms with E-state index in [2.05, 4.69) is 4.98 Å². The number of rotatable bonds is 4.